The molecule has 0 spiro atoms. The van der Waals surface area contributed by atoms with Crippen molar-refractivity contribution in [2.24, 2.45) is 0 Å². The fourth-order valence-corrected chi connectivity index (χ4v) is 4.73. The number of ether oxygens (including phenoxy) is 2. The van der Waals surface area contributed by atoms with E-state index in [0.717, 1.165) is 68.6 Å². The first-order valence-electron chi connectivity index (χ1n) is 12.3. The van der Waals surface area contributed by atoms with Gasteiger partial charge in [-0.05, 0) is 75.1 Å². The summed E-state index contributed by atoms with van der Waals surface area (Å²) in [5, 5.41) is 0. The van der Waals surface area contributed by atoms with Crippen molar-refractivity contribution >= 4 is 18.3 Å². The number of carbonyl (C=O) groups excluding carboxylic acids is 1. The maximum absolute atomic E-state index is 13.0. The Labute approximate surface area is 214 Å². The number of hydrogen-bond acceptors (Lipinski definition) is 4. The van der Waals surface area contributed by atoms with E-state index in [0.29, 0.717) is 5.69 Å². The Bertz CT molecular complexity index is 1040. The van der Waals surface area contributed by atoms with E-state index in [1.807, 2.05) is 17.0 Å². The second-order valence-electron chi connectivity index (χ2n) is 9.11. The monoisotopic (exact) mass is 497 g/mol. The van der Waals surface area contributed by atoms with E-state index in [4.69, 9.17) is 9.47 Å². The van der Waals surface area contributed by atoms with Crippen LogP contribution in [0, 0.1) is 0 Å². The number of nitrogens with zero attached hydrogens (tertiary/aromatic N) is 2. The minimum absolute atomic E-state index is 0. The summed E-state index contributed by atoms with van der Waals surface area (Å²) in [7, 11) is 1.67. The number of aromatic amines is 1. The molecule has 188 valence electrons. The van der Waals surface area contributed by atoms with Crippen LogP contribution >= 0.6 is 12.4 Å². The van der Waals surface area contributed by atoms with Gasteiger partial charge in [-0.2, -0.15) is 0 Å². The summed E-state index contributed by atoms with van der Waals surface area (Å²) in [6, 6.07) is 16.9. The van der Waals surface area contributed by atoms with Gasteiger partial charge < -0.3 is 19.4 Å². The Hall–Kier alpha value is -2.99. The second kappa shape index (κ2) is 13.2. The van der Waals surface area contributed by atoms with Crippen LogP contribution in [0.15, 0.2) is 61.1 Å². The SMILES string of the molecule is COc1ccc(CC2CCCCN2C(=O)c2cnc[nH]2)cc1OC(C)CCCc1ccccc1.Cl. The fourth-order valence-electron chi connectivity index (χ4n) is 4.73. The number of halogens is 1. The molecule has 3 aromatic rings. The molecule has 0 bridgehead atoms. The molecule has 0 aliphatic carbocycles. The molecule has 0 saturated carbocycles. The number of rotatable bonds is 10. The largest absolute Gasteiger partial charge is 0.493 e. The third-order valence-corrected chi connectivity index (χ3v) is 6.56. The van der Waals surface area contributed by atoms with Gasteiger partial charge in [0.2, 0.25) is 0 Å². The highest BCUT2D eigenvalue weighted by atomic mass is 35.5. The Kier molecular flexibility index (Phi) is 10.0. The van der Waals surface area contributed by atoms with Crippen molar-refractivity contribution < 1.29 is 14.3 Å². The number of methoxy groups -OCH3 is 1. The average Bonchev–Trinajstić information content (AvgIpc) is 3.40. The molecule has 6 nitrogen and oxygen atoms in total. The smallest absolute Gasteiger partial charge is 0.272 e. The van der Waals surface area contributed by atoms with E-state index in [-0.39, 0.29) is 30.5 Å². The van der Waals surface area contributed by atoms with Gasteiger partial charge in [0, 0.05) is 12.6 Å². The number of imidazole rings is 1. The summed E-state index contributed by atoms with van der Waals surface area (Å²) in [6.07, 6.45) is 10.3. The molecular formula is C28H36ClN3O3. The standard InChI is InChI=1S/C28H35N3O3.ClH/c1-21(9-8-12-22-10-4-3-5-11-22)34-27-18-23(14-15-26(27)33-2)17-24-13-6-7-16-31(24)28(32)25-19-29-20-30-25;/h3-5,10-11,14-15,18-21,24H,6-9,12-13,16-17H2,1-2H3,(H,29,30);1H. The first kappa shape index (κ1) is 26.6. The number of benzene rings is 2. The molecule has 1 aliphatic rings. The topological polar surface area (TPSA) is 67.5 Å². The Balaban J connectivity index is 0.00000342. The number of amides is 1. The Morgan fingerprint density at radius 1 is 1.14 bits per heavy atom. The quantitative estimate of drug-likeness (QED) is 0.380. The number of likely N-dealkylation sites (tertiary alicyclic amines) is 1. The molecule has 0 radical (unpaired) electrons. The summed E-state index contributed by atoms with van der Waals surface area (Å²) in [6.45, 7) is 2.89. The maximum atomic E-state index is 13.0. The van der Waals surface area contributed by atoms with Gasteiger partial charge >= 0.3 is 0 Å². The maximum Gasteiger partial charge on any atom is 0.272 e. The predicted molar refractivity (Wildman–Crippen MR) is 141 cm³/mol. The van der Waals surface area contributed by atoms with Gasteiger partial charge in [-0.1, -0.05) is 36.4 Å². The molecule has 2 unspecified atom stereocenters. The molecule has 2 aromatic carbocycles. The number of aromatic nitrogens is 2. The van der Waals surface area contributed by atoms with Crippen molar-refractivity contribution in [2.75, 3.05) is 13.7 Å². The molecule has 1 fully saturated rings. The zero-order chi connectivity index (χ0) is 23.8. The van der Waals surface area contributed by atoms with Crippen molar-refractivity contribution in [1.82, 2.24) is 14.9 Å². The van der Waals surface area contributed by atoms with E-state index >= 15 is 0 Å². The van der Waals surface area contributed by atoms with Gasteiger partial charge in [0.25, 0.3) is 5.91 Å². The van der Waals surface area contributed by atoms with Crippen molar-refractivity contribution in [3.05, 3.63) is 77.9 Å². The minimum Gasteiger partial charge on any atom is -0.493 e. The van der Waals surface area contributed by atoms with Crippen LogP contribution in [0.3, 0.4) is 0 Å². The van der Waals surface area contributed by atoms with E-state index in [1.54, 1.807) is 19.6 Å². The van der Waals surface area contributed by atoms with Crippen LogP contribution in [-0.2, 0) is 12.8 Å². The van der Waals surface area contributed by atoms with E-state index in [2.05, 4.69) is 53.3 Å². The molecule has 7 heteroatoms. The molecule has 2 heterocycles. The number of carbonyl (C=O) groups is 1. The van der Waals surface area contributed by atoms with Gasteiger partial charge in [-0.15, -0.1) is 12.4 Å². The number of aryl methyl sites for hydroxylation is 1. The Morgan fingerprint density at radius 2 is 1.97 bits per heavy atom. The van der Waals surface area contributed by atoms with E-state index in [9.17, 15) is 4.79 Å². The van der Waals surface area contributed by atoms with Gasteiger partial charge in [0.1, 0.15) is 5.69 Å². The van der Waals surface area contributed by atoms with Crippen LogP contribution in [-0.4, -0.2) is 46.6 Å². The highest BCUT2D eigenvalue weighted by Crippen LogP contribution is 2.31. The van der Waals surface area contributed by atoms with Gasteiger partial charge in [-0.25, -0.2) is 4.98 Å². The first-order valence-corrected chi connectivity index (χ1v) is 12.3. The van der Waals surface area contributed by atoms with Crippen molar-refractivity contribution in [3.63, 3.8) is 0 Å². The van der Waals surface area contributed by atoms with E-state index < -0.39 is 0 Å². The molecule has 35 heavy (non-hydrogen) atoms. The highest BCUT2D eigenvalue weighted by molar-refractivity contribution is 5.92. The third kappa shape index (κ3) is 7.25. The lowest BCUT2D eigenvalue weighted by Crippen LogP contribution is -2.45. The average molecular weight is 498 g/mol. The summed E-state index contributed by atoms with van der Waals surface area (Å²) >= 11 is 0. The lowest BCUT2D eigenvalue weighted by atomic mass is 9.95. The number of nitrogens with one attached hydrogen (secondary N) is 1. The summed E-state index contributed by atoms with van der Waals surface area (Å²) in [5.74, 6) is 1.54. The zero-order valence-corrected chi connectivity index (χ0v) is 21.4. The summed E-state index contributed by atoms with van der Waals surface area (Å²) in [5.41, 5.74) is 3.06. The first-order chi connectivity index (χ1) is 16.6. The lowest BCUT2D eigenvalue weighted by molar-refractivity contribution is 0.0608. The molecule has 4 rings (SSSR count). The van der Waals surface area contributed by atoms with Gasteiger partial charge in [0.15, 0.2) is 11.5 Å². The predicted octanol–water partition coefficient (Wildman–Crippen LogP) is 5.87. The van der Waals surface area contributed by atoms with Crippen LogP contribution in [0.5, 0.6) is 11.5 Å². The molecular weight excluding hydrogens is 462 g/mol. The normalized spacial score (nSPS) is 16.3. The van der Waals surface area contributed by atoms with Crippen molar-refractivity contribution in [1.29, 1.82) is 0 Å². The molecule has 1 saturated heterocycles. The molecule has 2 atom stereocenters. The van der Waals surface area contributed by atoms with Crippen LogP contribution < -0.4 is 9.47 Å². The molecule has 1 aromatic heterocycles. The summed E-state index contributed by atoms with van der Waals surface area (Å²) in [4.78, 5) is 21.9. The van der Waals surface area contributed by atoms with Crippen LogP contribution in [0.2, 0.25) is 0 Å². The number of hydrogen-bond donors (Lipinski definition) is 1. The minimum atomic E-state index is 0. The lowest BCUT2D eigenvalue weighted by Gasteiger charge is -2.35. The van der Waals surface area contributed by atoms with Crippen LogP contribution in [0.4, 0.5) is 0 Å². The second-order valence-corrected chi connectivity index (χ2v) is 9.11. The van der Waals surface area contributed by atoms with E-state index in [1.165, 1.54) is 5.56 Å². The van der Waals surface area contributed by atoms with Crippen LogP contribution in [0.1, 0.15) is 60.6 Å². The Morgan fingerprint density at radius 3 is 2.71 bits per heavy atom. The zero-order valence-electron chi connectivity index (χ0n) is 20.6. The van der Waals surface area contributed by atoms with Crippen LogP contribution in [0.25, 0.3) is 0 Å². The molecule has 1 aliphatic heterocycles. The number of piperidine rings is 1. The van der Waals surface area contributed by atoms with Gasteiger partial charge in [0.05, 0.1) is 25.7 Å². The fraction of sp³-hybridized carbons (Fsp3) is 0.429. The highest BCUT2D eigenvalue weighted by Gasteiger charge is 2.28. The van der Waals surface area contributed by atoms with Gasteiger partial charge in [-0.3, -0.25) is 4.79 Å². The summed E-state index contributed by atoms with van der Waals surface area (Å²) < 4.78 is 11.9. The molecule has 1 N–H and O–H groups in total. The third-order valence-electron chi connectivity index (χ3n) is 6.56. The number of H-pyrrole nitrogens is 1. The molecule has 1 amide bonds. The van der Waals surface area contributed by atoms with Crippen molar-refractivity contribution in [3.8, 4) is 11.5 Å². The van der Waals surface area contributed by atoms with Crippen molar-refractivity contribution in [2.45, 2.75) is 64.0 Å².